The molecular weight excluding hydrogens is 346 g/mol. The minimum Gasteiger partial charge on any atom is -0.497 e. The molecule has 0 aliphatic carbocycles. The summed E-state index contributed by atoms with van der Waals surface area (Å²) in [6, 6.07) is 17.6. The number of anilines is 1. The minimum absolute atomic E-state index is 0.0501. The Morgan fingerprint density at radius 2 is 1.85 bits per heavy atom. The number of nitrogens with zero attached hydrogens (tertiary/aromatic N) is 2. The third-order valence-electron chi connectivity index (χ3n) is 4.14. The van der Waals surface area contributed by atoms with E-state index >= 15 is 0 Å². The predicted octanol–water partition coefficient (Wildman–Crippen LogP) is 4.27. The van der Waals surface area contributed by atoms with Gasteiger partial charge in [0.05, 0.1) is 13.0 Å². The van der Waals surface area contributed by atoms with Crippen LogP contribution < -0.4 is 10.1 Å². The summed E-state index contributed by atoms with van der Waals surface area (Å²) in [5.74, 6) is 0.585. The van der Waals surface area contributed by atoms with Gasteiger partial charge < -0.3 is 4.74 Å². The quantitative estimate of drug-likeness (QED) is 0.677. The van der Waals surface area contributed by atoms with E-state index in [1.807, 2.05) is 61.5 Å². The maximum absolute atomic E-state index is 12.6. The second kappa shape index (κ2) is 8.58. The van der Waals surface area contributed by atoms with Gasteiger partial charge in [0, 0.05) is 6.42 Å². The van der Waals surface area contributed by atoms with Crippen molar-refractivity contribution in [2.45, 2.75) is 25.7 Å². The molecule has 5 nitrogen and oxygen atoms in total. The van der Waals surface area contributed by atoms with Gasteiger partial charge in [0.2, 0.25) is 11.0 Å². The van der Waals surface area contributed by atoms with Gasteiger partial charge in [-0.2, -0.15) is 0 Å². The summed E-state index contributed by atoms with van der Waals surface area (Å²) in [5, 5.41) is 12.6. The molecule has 0 aliphatic heterocycles. The van der Waals surface area contributed by atoms with Crippen LogP contribution in [0.2, 0.25) is 0 Å². The highest BCUT2D eigenvalue weighted by Gasteiger charge is 2.20. The molecule has 134 valence electrons. The summed E-state index contributed by atoms with van der Waals surface area (Å²) in [7, 11) is 1.65. The minimum atomic E-state index is -0.190. The molecule has 1 heterocycles. The second-order valence-corrected chi connectivity index (χ2v) is 6.95. The van der Waals surface area contributed by atoms with Crippen LogP contribution in [0.5, 0.6) is 5.75 Å². The Bertz CT molecular complexity index is 847. The van der Waals surface area contributed by atoms with E-state index in [0.717, 1.165) is 28.3 Å². The maximum Gasteiger partial charge on any atom is 0.233 e. The standard InChI is InChI=1S/C20H21N3O2S/c1-3-17(15-7-5-4-6-8-15)19(24)21-20-23-22-18(26-20)13-14-9-11-16(25-2)12-10-14/h4-12,17H,3,13H2,1-2H3,(H,21,23,24)/t17-/m1/s1. The number of amides is 1. The summed E-state index contributed by atoms with van der Waals surface area (Å²) < 4.78 is 5.16. The van der Waals surface area contributed by atoms with Gasteiger partial charge in [-0.15, -0.1) is 10.2 Å². The Balaban J connectivity index is 1.64. The molecule has 0 radical (unpaired) electrons. The zero-order chi connectivity index (χ0) is 18.4. The first-order valence-corrected chi connectivity index (χ1v) is 9.32. The molecule has 2 aromatic carbocycles. The largest absolute Gasteiger partial charge is 0.497 e. The van der Waals surface area contributed by atoms with Crippen LogP contribution in [0.1, 0.15) is 35.4 Å². The van der Waals surface area contributed by atoms with Gasteiger partial charge in [0.15, 0.2) is 0 Å². The number of rotatable bonds is 7. The molecule has 0 aliphatic rings. The molecule has 0 spiro atoms. The molecule has 0 unspecified atom stereocenters. The lowest BCUT2D eigenvalue weighted by Gasteiger charge is -2.13. The van der Waals surface area contributed by atoms with Gasteiger partial charge >= 0.3 is 0 Å². The lowest BCUT2D eigenvalue weighted by Crippen LogP contribution is -2.20. The first-order chi connectivity index (χ1) is 12.7. The third kappa shape index (κ3) is 4.46. The predicted molar refractivity (Wildman–Crippen MR) is 104 cm³/mol. The summed E-state index contributed by atoms with van der Waals surface area (Å²) >= 11 is 1.40. The van der Waals surface area contributed by atoms with Crippen LogP contribution in [-0.4, -0.2) is 23.2 Å². The van der Waals surface area contributed by atoms with E-state index in [1.54, 1.807) is 7.11 Å². The SMILES string of the molecule is CC[C@@H](C(=O)Nc1nnc(Cc2ccc(OC)cc2)s1)c1ccccc1. The molecule has 0 saturated carbocycles. The Morgan fingerprint density at radius 3 is 2.50 bits per heavy atom. The van der Waals surface area contributed by atoms with E-state index in [4.69, 9.17) is 4.74 Å². The van der Waals surface area contributed by atoms with E-state index < -0.39 is 0 Å². The number of hydrogen-bond acceptors (Lipinski definition) is 5. The molecule has 1 atom stereocenters. The molecule has 0 fully saturated rings. The molecular formula is C20H21N3O2S. The summed E-state index contributed by atoms with van der Waals surface area (Å²) in [4.78, 5) is 12.6. The van der Waals surface area contributed by atoms with Gasteiger partial charge in [-0.1, -0.05) is 60.7 Å². The lowest BCUT2D eigenvalue weighted by atomic mass is 9.96. The van der Waals surface area contributed by atoms with E-state index in [-0.39, 0.29) is 11.8 Å². The average molecular weight is 367 g/mol. The number of hydrogen-bond donors (Lipinski definition) is 1. The van der Waals surface area contributed by atoms with E-state index in [9.17, 15) is 4.79 Å². The lowest BCUT2D eigenvalue weighted by molar-refractivity contribution is -0.117. The van der Waals surface area contributed by atoms with Crippen molar-refractivity contribution in [3.8, 4) is 5.75 Å². The van der Waals surface area contributed by atoms with Crippen molar-refractivity contribution in [1.82, 2.24) is 10.2 Å². The van der Waals surface area contributed by atoms with Gasteiger partial charge in [0.25, 0.3) is 0 Å². The van der Waals surface area contributed by atoms with Crippen molar-refractivity contribution < 1.29 is 9.53 Å². The number of benzene rings is 2. The number of nitrogens with one attached hydrogen (secondary N) is 1. The van der Waals surface area contributed by atoms with Crippen LogP contribution in [0.15, 0.2) is 54.6 Å². The van der Waals surface area contributed by atoms with Gasteiger partial charge in [-0.05, 0) is 29.7 Å². The van der Waals surface area contributed by atoms with Gasteiger partial charge in [0.1, 0.15) is 10.8 Å². The third-order valence-corrected chi connectivity index (χ3v) is 4.98. The zero-order valence-corrected chi connectivity index (χ0v) is 15.6. The summed E-state index contributed by atoms with van der Waals surface area (Å²) in [6.45, 7) is 2.01. The average Bonchev–Trinajstić information content (AvgIpc) is 3.10. The fraction of sp³-hybridized carbons (Fsp3) is 0.250. The number of aromatic nitrogens is 2. The van der Waals surface area contributed by atoms with Crippen LogP contribution in [0.4, 0.5) is 5.13 Å². The van der Waals surface area contributed by atoms with Crippen LogP contribution in [-0.2, 0) is 11.2 Å². The van der Waals surface area contributed by atoms with Gasteiger partial charge in [-0.3, -0.25) is 10.1 Å². The number of carbonyl (C=O) groups is 1. The fourth-order valence-electron chi connectivity index (χ4n) is 2.74. The van der Waals surface area contributed by atoms with Crippen molar-refractivity contribution in [2.75, 3.05) is 12.4 Å². The molecule has 1 amide bonds. The fourth-order valence-corrected chi connectivity index (χ4v) is 3.52. The normalized spacial score (nSPS) is 11.8. The van der Waals surface area contributed by atoms with Crippen LogP contribution >= 0.6 is 11.3 Å². The van der Waals surface area contributed by atoms with Crippen molar-refractivity contribution in [1.29, 1.82) is 0 Å². The van der Waals surface area contributed by atoms with Crippen LogP contribution in [0, 0.1) is 0 Å². The summed E-state index contributed by atoms with van der Waals surface area (Å²) in [6.07, 6.45) is 1.40. The smallest absolute Gasteiger partial charge is 0.233 e. The molecule has 6 heteroatoms. The highest BCUT2D eigenvalue weighted by molar-refractivity contribution is 7.15. The molecule has 3 rings (SSSR count). The number of ether oxygens (including phenoxy) is 1. The Kier molecular flexibility index (Phi) is 5.96. The zero-order valence-electron chi connectivity index (χ0n) is 14.8. The highest BCUT2D eigenvalue weighted by Crippen LogP contribution is 2.24. The monoisotopic (exact) mass is 367 g/mol. The Morgan fingerprint density at radius 1 is 1.12 bits per heavy atom. The molecule has 3 aromatic rings. The van der Waals surface area contributed by atoms with Crippen molar-refractivity contribution in [3.63, 3.8) is 0 Å². The van der Waals surface area contributed by atoms with Gasteiger partial charge in [-0.25, -0.2) is 0 Å². The van der Waals surface area contributed by atoms with E-state index in [2.05, 4.69) is 15.5 Å². The Labute approximate surface area is 157 Å². The summed E-state index contributed by atoms with van der Waals surface area (Å²) in [5.41, 5.74) is 2.13. The molecule has 26 heavy (non-hydrogen) atoms. The molecule has 1 N–H and O–H groups in total. The van der Waals surface area contributed by atoms with E-state index in [0.29, 0.717) is 11.6 Å². The van der Waals surface area contributed by atoms with Crippen molar-refractivity contribution in [2.24, 2.45) is 0 Å². The molecule has 0 bridgehead atoms. The Hall–Kier alpha value is -2.73. The van der Waals surface area contributed by atoms with Crippen LogP contribution in [0.3, 0.4) is 0 Å². The van der Waals surface area contributed by atoms with Crippen molar-refractivity contribution in [3.05, 3.63) is 70.7 Å². The number of carbonyl (C=O) groups excluding carboxylic acids is 1. The first kappa shape index (κ1) is 18.1. The maximum atomic E-state index is 12.6. The topological polar surface area (TPSA) is 64.1 Å². The van der Waals surface area contributed by atoms with Crippen molar-refractivity contribution >= 4 is 22.4 Å². The molecule has 1 aromatic heterocycles. The second-order valence-electron chi connectivity index (χ2n) is 5.89. The first-order valence-electron chi connectivity index (χ1n) is 8.50. The number of methoxy groups -OCH3 is 1. The van der Waals surface area contributed by atoms with E-state index in [1.165, 1.54) is 11.3 Å². The molecule has 0 saturated heterocycles. The highest BCUT2D eigenvalue weighted by atomic mass is 32.1. The van der Waals surface area contributed by atoms with Crippen LogP contribution in [0.25, 0.3) is 0 Å².